The Kier molecular flexibility index (Phi) is 5.49. The normalized spacial score (nSPS) is 12.5. The van der Waals surface area contributed by atoms with E-state index in [4.69, 9.17) is 11.6 Å². The molecule has 1 N–H and O–H groups in total. The van der Waals surface area contributed by atoms with Crippen molar-refractivity contribution in [2.24, 2.45) is 5.92 Å². The van der Waals surface area contributed by atoms with Gasteiger partial charge in [0.1, 0.15) is 5.88 Å². The molecule has 0 aromatic heterocycles. The Labute approximate surface area is 108 Å². The molecule has 1 unspecified atom stereocenters. The second-order valence-electron chi connectivity index (χ2n) is 4.52. The number of aryl methyl sites for hydroxylation is 1. The summed E-state index contributed by atoms with van der Waals surface area (Å²) in [7, 11) is 0. The highest BCUT2D eigenvalue weighted by Gasteiger charge is 2.17. The van der Waals surface area contributed by atoms with Gasteiger partial charge in [0.15, 0.2) is 0 Å². The number of carbonyl (C=O) groups excluding carboxylic acids is 1. The van der Waals surface area contributed by atoms with Crippen LogP contribution in [0.5, 0.6) is 0 Å². The summed E-state index contributed by atoms with van der Waals surface area (Å²) in [5.41, 5.74) is 2.44. The van der Waals surface area contributed by atoms with E-state index in [1.54, 1.807) is 0 Å². The average molecular weight is 254 g/mol. The average Bonchev–Trinajstić information content (AvgIpc) is 2.35. The van der Waals surface area contributed by atoms with Crippen LogP contribution in [0.4, 0.5) is 0 Å². The van der Waals surface area contributed by atoms with Gasteiger partial charge in [-0.15, -0.1) is 11.6 Å². The van der Waals surface area contributed by atoms with Crippen molar-refractivity contribution in [1.82, 2.24) is 5.32 Å². The minimum absolute atomic E-state index is 0.0102. The first-order valence-electron chi connectivity index (χ1n) is 6.02. The number of alkyl halides is 1. The maximum Gasteiger partial charge on any atom is 0.235 e. The van der Waals surface area contributed by atoms with E-state index in [9.17, 15) is 4.79 Å². The molecule has 0 aliphatic heterocycles. The lowest BCUT2D eigenvalue weighted by Crippen LogP contribution is -2.32. The molecule has 0 heterocycles. The van der Waals surface area contributed by atoms with Gasteiger partial charge in [-0.25, -0.2) is 0 Å². The van der Waals surface area contributed by atoms with Crippen LogP contribution in [-0.4, -0.2) is 11.8 Å². The second kappa shape index (κ2) is 6.65. The van der Waals surface area contributed by atoms with Crippen molar-refractivity contribution >= 4 is 17.5 Å². The van der Waals surface area contributed by atoms with E-state index in [1.807, 2.05) is 0 Å². The van der Waals surface area contributed by atoms with Crippen molar-refractivity contribution in [1.29, 1.82) is 0 Å². The Hall–Kier alpha value is -1.02. The predicted octanol–water partition coefficient (Wildman–Crippen LogP) is 3.30. The summed E-state index contributed by atoms with van der Waals surface area (Å²) in [5.74, 6) is 0.232. The maximum absolute atomic E-state index is 11.4. The van der Waals surface area contributed by atoms with Gasteiger partial charge in [-0.2, -0.15) is 0 Å². The molecule has 94 valence electrons. The topological polar surface area (TPSA) is 29.1 Å². The van der Waals surface area contributed by atoms with Crippen molar-refractivity contribution in [3.8, 4) is 0 Å². The number of amides is 1. The lowest BCUT2D eigenvalue weighted by atomic mass is 9.95. The van der Waals surface area contributed by atoms with E-state index in [2.05, 4.69) is 50.4 Å². The molecule has 0 saturated carbocycles. The third kappa shape index (κ3) is 4.04. The first-order chi connectivity index (χ1) is 8.08. The number of hydrogen-bond donors (Lipinski definition) is 1. The van der Waals surface area contributed by atoms with Gasteiger partial charge in [0.05, 0.1) is 6.04 Å². The quantitative estimate of drug-likeness (QED) is 0.802. The number of halogens is 1. The largest absolute Gasteiger partial charge is 0.348 e. The van der Waals surface area contributed by atoms with Crippen LogP contribution in [0.25, 0.3) is 0 Å². The molecular weight excluding hydrogens is 234 g/mol. The van der Waals surface area contributed by atoms with Crippen molar-refractivity contribution in [3.63, 3.8) is 0 Å². The molecule has 2 nitrogen and oxygen atoms in total. The minimum Gasteiger partial charge on any atom is -0.348 e. The van der Waals surface area contributed by atoms with Crippen molar-refractivity contribution in [2.45, 2.75) is 33.2 Å². The Bertz CT molecular complexity index is 359. The summed E-state index contributed by atoms with van der Waals surface area (Å²) in [4.78, 5) is 11.4. The van der Waals surface area contributed by atoms with Crippen LogP contribution >= 0.6 is 11.6 Å². The molecule has 1 amide bonds. The first-order valence-corrected chi connectivity index (χ1v) is 6.56. The van der Waals surface area contributed by atoms with Gasteiger partial charge in [-0.05, 0) is 23.5 Å². The Morgan fingerprint density at radius 2 is 1.88 bits per heavy atom. The van der Waals surface area contributed by atoms with E-state index < -0.39 is 0 Å². The first kappa shape index (κ1) is 14.0. The molecule has 0 aliphatic rings. The van der Waals surface area contributed by atoms with Crippen LogP contribution < -0.4 is 5.32 Å². The third-order valence-corrected chi connectivity index (χ3v) is 3.09. The zero-order valence-electron chi connectivity index (χ0n) is 10.7. The Balaban J connectivity index is 2.85. The molecular formula is C14H20ClNO. The number of rotatable bonds is 5. The van der Waals surface area contributed by atoms with Crippen molar-refractivity contribution in [2.75, 3.05) is 5.88 Å². The zero-order chi connectivity index (χ0) is 12.8. The van der Waals surface area contributed by atoms with Crippen LogP contribution in [0.1, 0.15) is 37.9 Å². The summed E-state index contributed by atoms with van der Waals surface area (Å²) in [5, 5.41) is 2.95. The smallest absolute Gasteiger partial charge is 0.235 e. The van der Waals surface area contributed by atoms with E-state index in [0.29, 0.717) is 5.92 Å². The minimum atomic E-state index is -0.120. The van der Waals surface area contributed by atoms with Gasteiger partial charge in [-0.3, -0.25) is 4.79 Å². The third-order valence-electron chi connectivity index (χ3n) is 2.85. The van der Waals surface area contributed by atoms with Gasteiger partial charge in [-0.1, -0.05) is 45.0 Å². The molecule has 17 heavy (non-hydrogen) atoms. The molecule has 3 heteroatoms. The van der Waals surface area contributed by atoms with Gasteiger partial charge in [0, 0.05) is 0 Å². The standard InChI is InChI=1S/C14H20ClNO/c1-4-11-5-7-12(8-6-11)14(10(2)3)16-13(17)9-15/h5-8,10,14H,4,9H2,1-3H3,(H,16,17). The molecule has 0 bridgehead atoms. The van der Waals surface area contributed by atoms with E-state index in [1.165, 1.54) is 5.56 Å². The Morgan fingerprint density at radius 1 is 1.29 bits per heavy atom. The van der Waals surface area contributed by atoms with Gasteiger partial charge in [0.25, 0.3) is 0 Å². The predicted molar refractivity (Wildman–Crippen MR) is 72.3 cm³/mol. The van der Waals surface area contributed by atoms with Crippen molar-refractivity contribution in [3.05, 3.63) is 35.4 Å². The zero-order valence-corrected chi connectivity index (χ0v) is 11.4. The van der Waals surface area contributed by atoms with Crippen LogP contribution in [0, 0.1) is 5.92 Å². The molecule has 0 radical (unpaired) electrons. The van der Waals surface area contributed by atoms with Gasteiger partial charge in [0.2, 0.25) is 5.91 Å². The van der Waals surface area contributed by atoms with E-state index >= 15 is 0 Å². The van der Waals surface area contributed by atoms with E-state index in [0.717, 1.165) is 12.0 Å². The molecule has 1 rings (SSSR count). The fraction of sp³-hybridized carbons (Fsp3) is 0.500. The SMILES string of the molecule is CCc1ccc(C(NC(=O)CCl)C(C)C)cc1. The van der Waals surface area contributed by atoms with Crippen LogP contribution in [-0.2, 0) is 11.2 Å². The van der Waals surface area contributed by atoms with Crippen LogP contribution in [0.3, 0.4) is 0 Å². The summed E-state index contributed by atoms with van der Waals surface area (Å²) in [6, 6.07) is 8.41. The fourth-order valence-corrected chi connectivity index (χ4v) is 1.88. The van der Waals surface area contributed by atoms with Crippen molar-refractivity contribution < 1.29 is 4.79 Å². The highest BCUT2D eigenvalue weighted by atomic mass is 35.5. The lowest BCUT2D eigenvalue weighted by molar-refractivity contribution is -0.119. The summed E-state index contributed by atoms with van der Waals surface area (Å²) >= 11 is 5.52. The number of hydrogen-bond acceptors (Lipinski definition) is 1. The summed E-state index contributed by atoms with van der Waals surface area (Å²) in [6.07, 6.45) is 1.03. The number of carbonyl (C=O) groups is 1. The molecule has 0 spiro atoms. The van der Waals surface area contributed by atoms with Gasteiger partial charge < -0.3 is 5.32 Å². The van der Waals surface area contributed by atoms with E-state index in [-0.39, 0.29) is 17.8 Å². The maximum atomic E-state index is 11.4. The number of benzene rings is 1. The molecule has 0 aliphatic carbocycles. The summed E-state index contributed by atoms with van der Waals surface area (Å²) < 4.78 is 0. The summed E-state index contributed by atoms with van der Waals surface area (Å²) in [6.45, 7) is 6.31. The number of nitrogens with one attached hydrogen (secondary N) is 1. The van der Waals surface area contributed by atoms with Crippen LogP contribution in [0.2, 0.25) is 0 Å². The molecule has 0 fully saturated rings. The van der Waals surface area contributed by atoms with Gasteiger partial charge >= 0.3 is 0 Å². The lowest BCUT2D eigenvalue weighted by Gasteiger charge is -2.22. The fourth-order valence-electron chi connectivity index (χ4n) is 1.81. The monoisotopic (exact) mass is 253 g/mol. The second-order valence-corrected chi connectivity index (χ2v) is 4.79. The molecule has 0 saturated heterocycles. The molecule has 1 aromatic rings. The van der Waals surface area contributed by atoms with Crippen LogP contribution in [0.15, 0.2) is 24.3 Å². The highest BCUT2D eigenvalue weighted by molar-refractivity contribution is 6.27. The Morgan fingerprint density at radius 3 is 2.29 bits per heavy atom. The highest BCUT2D eigenvalue weighted by Crippen LogP contribution is 2.22. The molecule has 1 atom stereocenters. The molecule has 1 aromatic carbocycles.